The number of hydrogen-bond acceptors (Lipinski definition) is 0. The van der Waals surface area contributed by atoms with Crippen LogP contribution in [0.2, 0.25) is 0 Å². The van der Waals surface area contributed by atoms with Crippen LogP contribution >= 0.6 is 0 Å². The van der Waals surface area contributed by atoms with E-state index >= 15 is 0 Å². The van der Waals surface area contributed by atoms with Gasteiger partial charge in [-0.1, -0.05) is 95.3 Å². The van der Waals surface area contributed by atoms with E-state index in [1.165, 1.54) is 82.6 Å². The van der Waals surface area contributed by atoms with Gasteiger partial charge in [0.1, 0.15) is 0 Å². The molecule has 29 heavy (non-hydrogen) atoms. The summed E-state index contributed by atoms with van der Waals surface area (Å²) >= 11 is 0. The zero-order valence-electron chi connectivity index (χ0n) is 19.0. The van der Waals surface area contributed by atoms with E-state index in [-0.39, 0.29) is 0 Å². The summed E-state index contributed by atoms with van der Waals surface area (Å²) in [6, 6.07) is 8.75. The lowest BCUT2D eigenvalue weighted by Gasteiger charge is -2.31. The van der Waals surface area contributed by atoms with E-state index in [0.29, 0.717) is 0 Å². The van der Waals surface area contributed by atoms with E-state index in [1.54, 1.807) is 0 Å². The average molecular weight is 391 g/mol. The highest BCUT2D eigenvalue weighted by atomic mass is 14.3. The molecule has 1 aromatic carbocycles. The normalized spacial score (nSPS) is 27.5. The summed E-state index contributed by atoms with van der Waals surface area (Å²) in [5.41, 5.74) is 2.55. The van der Waals surface area contributed by atoms with E-state index < -0.39 is 0 Å². The standard InChI is InChI=1S/C29H42/c1-3-7-25-14-16-26(17-15-25)8-5-6-9-27-18-20-29(21-19-27)23-22-28-12-10-24(4-2)11-13-28/h6,9,14-17,24,27-29H,3-4,7,10-13,18-23H2,1-2H3/b9-6+/t24-,27?,28-,29?. The van der Waals surface area contributed by atoms with Crippen LogP contribution < -0.4 is 0 Å². The van der Waals surface area contributed by atoms with Crippen molar-refractivity contribution < 1.29 is 0 Å². The van der Waals surface area contributed by atoms with Gasteiger partial charge in [0.2, 0.25) is 0 Å². The molecule has 1 aromatic rings. The van der Waals surface area contributed by atoms with Crippen molar-refractivity contribution >= 4 is 0 Å². The van der Waals surface area contributed by atoms with Gasteiger partial charge < -0.3 is 0 Å². The van der Waals surface area contributed by atoms with Gasteiger partial charge in [-0.15, -0.1) is 0 Å². The molecule has 158 valence electrons. The Morgan fingerprint density at radius 2 is 1.38 bits per heavy atom. The molecule has 3 rings (SSSR count). The van der Waals surface area contributed by atoms with Gasteiger partial charge in [0, 0.05) is 5.56 Å². The minimum Gasteiger partial charge on any atom is -0.0730 e. The topological polar surface area (TPSA) is 0 Å². The van der Waals surface area contributed by atoms with Crippen molar-refractivity contribution in [3.63, 3.8) is 0 Å². The molecule has 2 saturated carbocycles. The Bertz CT molecular complexity index is 652. The van der Waals surface area contributed by atoms with Gasteiger partial charge in [-0.05, 0) is 79.5 Å². The Hall–Kier alpha value is -1.48. The van der Waals surface area contributed by atoms with Crippen LogP contribution in [-0.4, -0.2) is 0 Å². The largest absolute Gasteiger partial charge is 0.0730 e. The van der Waals surface area contributed by atoms with Gasteiger partial charge in [0.25, 0.3) is 0 Å². The van der Waals surface area contributed by atoms with Crippen LogP contribution in [0.5, 0.6) is 0 Å². The fraction of sp³-hybridized carbons (Fsp3) is 0.655. The number of benzene rings is 1. The van der Waals surface area contributed by atoms with Gasteiger partial charge in [0.05, 0.1) is 0 Å². The first kappa shape index (κ1) is 22.2. The van der Waals surface area contributed by atoms with E-state index in [0.717, 1.165) is 35.7 Å². The summed E-state index contributed by atoms with van der Waals surface area (Å²) in [5, 5.41) is 0. The molecule has 0 unspecified atom stereocenters. The lowest BCUT2D eigenvalue weighted by Crippen LogP contribution is -2.17. The van der Waals surface area contributed by atoms with Crippen LogP contribution in [0, 0.1) is 35.5 Å². The Morgan fingerprint density at radius 1 is 0.793 bits per heavy atom. The Balaban J connectivity index is 1.32. The molecule has 0 nitrogen and oxygen atoms in total. The van der Waals surface area contributed by atoms with Gasteiger partial charge >= 0.3 is 0 Å². The molecule has 0 atom stereocenters. The molecule has 0 aliphatic heterocycles. The second-order valence-electron chi connectivity index (χ2n) is 9.73. The predicted octanol–water partition coefficient (Wildman–Crippen LogP) is 8.35. The van der Waals surface area contributed by atoms with E-state index in [4.69, 9.17) is 0 Å². The second kappa shape index (κ2) is 12.3. The van der Waals surface area contributed by atoms with Crippen molar-refractivity contribution in [1.82, 2.24) is 0 Å². The van der Waals surface area contributed by atoms with Gasteiger partial charge in [-0.2, -0.15) is 0 Å². The lowest BCUT2D eigenvalue weighted by atomic mass is 9.75. The van der Waals surface area contributed by atoms with Crippen LogP contribution in [0.25, 0.3) is 0 Å². The number of rotatable bonds is 7. The third-order valence-electron chi connectivity index (χ3n) is 7.58. The van der Waals surface area contributed by atoms with Gasteiger partial charge in [0.15, 0.2) is 0 Å². The predicted molar refractivity (Wildman–Crippen MR) is 127 cm³/mol. The van der Waals surface area contributed by atoms with Crippen molar-refractivity contribution in [2.24, 2.45) is 23.7 Å². The quantitative estimate of drug-likeness (QED) is 0.410. The highest BCUT2D eigenvalue weighted by Gasteiger charge is 2.23. The number of allylic oxidation sites excluding steroid dienone is 2. The maximum atomic E-state index is 3.29. The Labute approximate surface area is 180 Å². The molecule has 2 aliphatic carbocycles. The molecule has 0 N–H and O–H groups in total. The molecule has 0 heterocycles. The van der Waals surface area contributed by atoms with Crippen LogP contribution in [0.3, 0.4) is 0 Å². The fourth-order valence-corrected chi connectivity index (χ4v) is 5.42. The summed E-state index contributed by atoms with van der Waals surface area (Å²) in [4.78, 5) is 0. The SMILES string of the molecule is CCCc1ccc(C#C/C=C/C2CCC(CC[C@H]3CC[C@H](CC)CC3)CC2)cc1. The molecule has 0 spiro atoms. The summed E-state index contributed by atoms with van der Waals surface area (Å²) in [5.74, 6) is 10.4. The van der Waals surface area contributed by atoms with Crippen molar-refractivity contribution in [3.8, 4) is 11.8 Å². The smallest absolute Gasteiger partial charge is 0.0249 e. The van der Waals surface area contributed by atoms with Crippen molar-refractivity contribution in [3.05, 3.63) is 47.5 Å². The van der Waals surface area contributed by atoms with Crippen molar-refractivity contribution in [2.45, 2.75) is 97.3 Å². The van der Waals surface area contributed by atoms with Gasteiger partial charge in [-0.25, -0.2) is 0 Å². The summed E-state index contributed by atoms with van der Waals surface area (Å²) < 4.78 is 0. The minimum absolute atomic E-state index is 0.757. The molecule has 0 aromatic heterocycles. The molecule has 2 fully saturated rings. The van der Waals surface area contributed by atoms with E-state index in [9.17, 15) is 0 Å². The number of hydrogen-bond donors (Lipinski definition) is 0. The summed E-state index contributed by atoms with van der Waals surface area (Å²) in [7, 11) is 0. The monoisotopic (exact) mass is 390 g/mol. The first-order chi connectivity index (χ1) is 14.3. The summed E-state index contributed by atoms with van der Waals surface area (Å²) in [6.45, 7) is 4.60. The highest BCUT2D eigenvalue weighted by Crippen LogP contribution is 2.37. The van der Waals surface area contributed by atoms with Crippen LogP contribution in [0.15, 0.2) is 36.4 Å². The summed E-state index contributed by atoms with van der Waals surface area (Å²) in [6.07, 6.45) is 22.9. The molecule has 0 bridgehead atoms. The van der Waals surface area contributed by atoms with Crippen LogP contribution in [-0.2, 0) is 6.42 Å². The number of aryl methyl sites for hydroxylation is 1. The molecule has 0 heteroatoms. The lowest BCUT2D eigenvalue weighted by molar-refractivity contribution is 0.224. The Kier molecular flexibility index (Phi) is 9.40. The fourth-order valence-electron chi connectivity index (χ4n) is 5.42. The third kappa shape index (κ3) is 7.70. The zero-order chi connectivity index (χ0) is 20.3. The van der Waals surface area contributed by atoms with Crippen molar-refractivity contribution in [2.75, 3.05) is 0 Å². The average Bonchev–Trinajstić information content (AvgIpc) is 2.78. The maximum Gasteiger partial charge on any atom is 0.0249 e. The van der Waals surface area contributed by atoms with Crippen LogP contribution in [0.4, 0.5) is 0 Å². The van der Waals surface area contributed by atoms with E-state index in [2.05, 4.69) is 62.1 Å². The minimum atomic E-state index is 0.757. The Morgan fingerprint density at radius 3 is 1.97 bits per heavy atom. The van der Waals surface area contributed by atoms with E-state index in [1.807, 2.05) is 0 Å². The molecule has 2 aliphatic rings. The molecular formula is C29H42. The highest BCUT2D eigenvalue weighted by molar-refractivity contribution is 5.38. The maximum absolute atomic E-state index is 3.29. The first-order valence-corrected chi connectivity index (χ1v) is 12.5. The third-order valence-corrected chi connectivity index (χ3v) is 7.58. The van der Waals surface area contributed by atoms with Crippen molar-refractivity contribution in [1.29, 1.82) is 0 Å². The molecule has 0 amide bonds. The molecular weight excluding hydrogens is 348 g/mol. The second-order valence-corrected chi connectivity index (χ2v) is 9.73. The molecule has 0 saturated heterocycles. The zero-order valence-corrected chi connectivity index (χ0v) is 19.0. The van der Waals surface area contributed by atoms with Gasteiger partial charge in [-0.3, -0.25) is 0 Å². The molecule has 0 radical (unpaired) electrons. The van der Waals surface area contributed by atoms with Crippen LogP contribution in [0.1, 0.15) is 102 Å². The first-order valence-electron chi connectivity index (χ1n) is 12.5.